The Morgan fingerprint density at radius 2 is 1.61 bits per heavy atom. The average Bonchev–Trinajstić information content (AvgIpc) is 2.79. The number of carbonyl (C=O) groups excluding carboxylic acids is 2. The molecule has 0 aliphatic carbocycles. The Bertz CT molecular complexity index is 1060. The van der Waals surface area contributed by atoms with Crippen molar-refractivity contribution in [1.29, 1.82) is 0 Å². The van der Waals surface area contributed by atoms with E-state index >= 15 is 0 Å². The van der Waals surface area contributed by atoms with Crippen LogP contribution in [0.4, 0.5) is 0 Å². The summed E-state index contributed by atoms with van der Waals surface area (Å²) in [5.74, 6) is -0.427. The summed E-state index contributed by atoms with van der Waals surface area (Å²) in [5.41, 5.74) is 2.39. The fourth-order valence-electron chi connectivity index (χ4n) is 3.73. The molecule has 31 heavy (non-hydrogen) atoms. The van der Waals surface area contributed by atoms with E-state index in [1.807, 2.05) is 0 Å². The van der Waals surface area contributed by atoms with Crippen molar-refractivity contribution in [3.8, 4) is 0 Å². The molecule has 0 radical (unpaired) electrons. The highest BCUT2D eigenvalue weighted by Gasteiger charge is 2.28. The van der Waals surface area contributed by atoms with Crippen molar-refractivity contribution in [2.75, 3.05) is 27.2 Å². The summed E-state index contributed by atoms with van der Waals surface area (Å²) in [6, 6.07) is 11.9. The van der Waals surface area contributed by atoms with Crippen molar-refractivity contribution in [3.05, 3.63) is 64.7 Å². The molecule has 2 amide bonds. The van der Waals surface area contributed by atoms with Crippen LogP contribution in [0.1, 0.15) is 51.1 Å². The zero-order chi connectivity index (χ0) is 22.6. The molecule has 0 unspecified atom stereocenters. The second-order valence-corrected chi connectivity index (χ2v) is 9.79. The molecule has 0 aromatic heterocycles. The lowest BCUT2D eigenvalue weighted by molar-refractivity contribution is 0.0784. The summed E-state index contributed by atoms with van der Waals surface area (Å²) in [7, 11) is -0.376. The molecule has 1 fully saturated rings. The molecule has 1 aliphatic rings. The van der Waals surface area contributed by atoms with E-state index in [2.05, 4.69) is 5.32 Å². The molecule has 166 valence electrons. The summed E-state index contributed by atoms with van der Waals surface area (Å²) < 4.78 is 27.8. The van der Waals surface area contributed by atoms with Crippen LogP contribution in [0.3, 0.4) is 0 Å². The van der Waals surface area contributed by atoms with E-state index in [0.29, 0.717) is 36.3 Å². The van der Waals surface area contributed by atoms with Crippen LogP contribution < -0.4 is 5.32 Å². The van der Waals surface area contributed by atoms with Gasteiger partial charge in [0.25, 0.3) is 11.8 Å². The Morgan fingerprint density at radius 3 is 2.23 bits per heavy atom. The Balaban J connectivity index is 1.78. The highest BCUT2D eigenvalue weighted by Crippen LogP contribution is 2.25. The molecule has 2 aromatic rings. The van der Waals surface area contributed by atoms with Crippen LogP contribution in [0, 0.1) is 6.92 Å². The minimum absolute atomic E-state index is 0.168. The molecule has 0 bridgehead atoms. The van der Waals surface area contributed by atoms with Gasteiger partial charge in [-0.3, -0.25) is 9.59 Å². The van der Waals surface area contributed by atoms with Crippen LogP contribution in [-0.2, 0) is 16.6 Å². The van der Waals surface area contributed by atoms with Gasteiger partial charge in [0.05, 0.1) is 4.90 Å². The lowest BCUT2D eigenvalue weighted by atomic mass is 10.1. The lowest BCUT2D eigenvalue weighted by Gasteiger charge is -2.27. The molecule has 3 rings (SSSR count). The first-order valence-electron chi connectivity index (χ1n) is 10.4. The molecular weight excluding hydrogens is 414 g/mol. The minimum Gasteiger partial charge on any atom is -0.355 e. The highest BCUT2D eigenvalue weighted by molar-refractivity contribution is 7.89. The van der Waals surface area contributed by atoms with Crippen molar-refractivity contribution >= 4 is 21.8 Å². The number of hydrogen-bond donors (Lipinski definition) is 1. The maximum Gasteiger partial charge on any atom is 0.253 e. The smallest absolute Gasteiger partial charge is 0.253 e. The first-order chi connectivity index (χ1) is 14.7. The molecule has 2 aromatic carbocycles. The number of carbonyl (C=O) groups is 2. The van der Waals surface area contributed by atoms with Crippen molar-refractivity contribution < 1.29 is 18.0 Å². The van der Waals surface area contributed by atoms with Crippen LogP contribution in [0.15, 0.2) is 47.4 Å². The highest BCUT2D eigenvalue weighted by atomic mass is 32.2. The lowest BCUT2D eigenvalue weighted by Crippen LogP contribution is -2.36. The number of piperidine rings is 1. The predicted molar refractivity (Wildman–Crippen MR) is 119 cm³/mol. The van der Waals surface area contributed by atoms with Crippen LogP contribution in [0.5, 0.6) is 0 Å². The van der Waals surface area contributed by atoms with Gasteiger partial charge in [-0.15, -0.1) is 0 Å². The Labute approximate surface area is 184 Å². The first kappa shape index (κ1) is 23.0. The van der Waals surface area contributed by atoms with E-state index in [4.69, 9.17) is 0 Å². The van der Waals surface area contributed by atoms with Crippen molar-refractivity contribution in [2.45, 2.75) is 37.6 Å². The number of nitrogens with one attached hydrogen (secondary N) is 1. The molecule has 1 heterocycles. The van der Waals surface area contributed by atoms with Crippen molar-refractivity contribution in [1.82, 2.24) is 14.5 Å². The van der Waals surface area contributed by atoms with Gasteiger partial charge in [-0.05, 0) is 55.2 Å². The Morgan fingerprint density at radius 1 is 1.00 bits per heavy atom. The van der Waals surface area contributed by atoms with E-state index in [9.17, 15) is 18.0 Å². The quantitative estimate of drug-likeness (QED) is 0.744. The monoisotopic (exact) mass is 443 g/mol. The third kappa shape index (κ3) is 5.14. The normalized spacial score (nSPS) is 14.8. The molecule has 0 saturated carbocycles. The molecule has 1 N–H and O–H groups in total. The third-order valence-electron chi connectivity index (χ3n) is 5.58. The molecular formula is C23H29N3O4S. The zero-order valence-electron chi connectivity index (χ0n) is 18.2. The summed E-state index contributed by atoms with van der Waals surface area (Å²) in [6.07, 6.45) is 2.76. The van der Waals surface area contributed by atoms with Gasteiger partial charge >= 0.3 is 0 Å². The molecule has 1 saturated heterocycles. The SMILES string of the molecule is CNC(=O)c1ccc(CN(C)C(=O)c2ccc(C)c(S(=O)(=O)N3CCCCC3)c2)cc1. The van der Waals surface area contributed by atoms with E-state index in [1.54, 1.807) is 57.4 Å². The number of nitrogens with zero attached hydrogens (tertiary/aromatic N) is 2. The van der Waals surface area contributed by atoms with Crippen LogP contribution >= 0.6 is 0 Å². The number of amides is 2. The maximum absolute atomic E-state index is 13.1. The number of aryl methyl sites for hydroxylation is 1. The van der Waals surface area contributed by atoms with E-state index in [0.717, 1.165) is 24.8 Å². The fraction of sp³-hybridized carbons (Fsp3) is 0.391. The molecule has 8 heteroatoms. The van der Waals surface area contributed by atoms with Crippen LogP contribution in [-0.4, -0.2) is 56.6 Å². The fourth-order valence-corrected chi connectivity index (χ4v) is 5.50. The van der Waals surface area contributed by atoms with E-state index in [1.165, 1.54) is 15.3 Å². The first-order valence-corrected chi connectivity index (χ1v) is 11.9. The topological polar surface area (TPSA) is 86.8 Å². The van der Waals surface area contributed by atoms with Crippen LogP contribution in [0.2, 0.25) is 0 Å². The summed E-state index contributed by atoms with van der Waals surface area (Å²) in [5, 5.41) is 2.57. The van der Waals surface area contributed by atoms with Gasteiger partial charge in [-0.1, -0.05) is 24.6 Å². The zero-order valence-corrected chi connectivity index (χ0v) is 19.0. The van der Waals surface area contributed by atoms with Gasteiger partial charge in [0.1, 0.15) is 0 Å². The second-order valence-electron chi connectivity index (χ2n) is 7.88. The van der Waals surface area contributed by atoms with E-state index in [-0.39, 0.29) is 16.7 Å². The number of benzene rings is 2. The molecule has 0 spiro atoms. The molecule has 0 atom stereocenters. The Hall–Kier alpha value is -2.71. The van der Waals surface area contributed by atoms with Gasteiger partial charge < -0.3 is 10.2 Å². The summed E-state index contributed by atoms with van der Waals surface area (Å²) >= 11 is 0. The molecule has 1 aliphatic heterocycles. The van der Waals surface area contributed by atoms with Gasteiger partial charge in [-0.2, -0.15) is 4.31 Å². The standard InChI is InChI=1S/C23H29N3O4S/c1-17-7-10-20(15-21(17)31(29,30)26-13-5-4-6-14-26)23(28)25(3)16-18-8-11-19(12-9-18)22(27)24-2/h7-12,15H,4-6,13-14,16H2,1-3H3,(H,24,27). The van der Waals surface area contributed by atoms with Gasteiger partial charge in [0, 0.05) is 44.9 Å². The van der Waals surface area contributed by atoms with E-state index < -0.39 is 10.0 Å². The summed E-state index contributed by atoms with van der Waals surface area (Å²) in [6.45, 7) is 3.13. The second kappa shape index (κ2) is 9.62. The van der Waals surface area contributed by atoms with Gasteiger partial charge in [0.15, 0.2) is 0 Å². The van der Waals surface area contributed by atoms with Crippen LogP contribution in [0.25, 0.3) is 0 Å². The largest absolute Gasteiger partial charge is 0.355 e. The number of hydrogen-bond acceptors (Lipinski definition) is 4. The number of rotatable bonds is 6. The number of sulfonamides is 1. The third-order valence-corrected chi connectivity index (χ3v) is 7.62. The average molecular weight is 444 g/mol. The van der Waals surface area contributed by atoms with Crippen molar-refractivity contribution in [2.24, 2.45) is 0 Å². The summed E-state index contributed by atoms with van der Waals surface area (Å²) in [4.78, 5) is 26.4. The van der Waals surface area contributed by atoms with Gasteiger partial charge in [0.2, 0.25) is 10.0 Å². The maximum atomic E-state index is 13.1. The Kier molecular flexibility index (Phi) is 7.12. The predicted octanol–water partition coefficient (Wildman–Crippen LogP) is 2.80. The minimum atomic E-state index is -3.62. The van der Waals surface area contributed by atoms with Crippen molar-refractivity contribution in [3.63, 3.8) is 0 Å². The molecule has 7 nitrogen and oxygen atoms in total. The van der Waals surface area contributed by atoms with Gasteiger partial charge in [-0.25, -0.2) is 8.42 Å².